The first-order chi connectivity index (χ1) is 16.5. The van der Waals surface area contributed by atoms with Crippen LogP contribution in [0.4, 0.5) is 0 Å². The number of hydrazone groups is 1. The number of fused-ring (bicyclic) bond motifs is 1. The van der Waals surface area contributed by atoms with Crippen molar-refractivity contribution in [3.8, 4) is 0 Å². The van der Waals surface area contributed by atoms with Crippen molar-refractivity contribution in [3.05, 3.63) is 88.5 Å². The van der Waals surface area contributed by atoms with Crippen LogP contribution in [0.5, 0.6) is 0 Å². The van der Waals surface area contributed by atoms with Crippen molar-refractivity contribution in [1.29, 1.82) is 0 Å². The quantitative estimate of drug-likeness (QED) is 0.480. The zero-order valence-corrected chi connectivity index (χ0v) is 19.0. The van der Waals surface area contributed by atoms with Crippen molar-refractivity contribution in [2.45, 2.75) is 18.9 Å². The lowest BCUT2D eigenvalue weighted by molar-refractivity contribution is -0.153. The molecule has 2 aliphatic rings. The number of nitrogens with zero attached hydrogens (tertiary/aromatic N) is 3. The number of rotatable bonds is 7. The third-order valence-electron chi connectivity index (χ3n) is 5.78. The summed E-state index contributed by atoms with van der Waals surface area (Å²) in [4.78, 5) is 40.3. The number of carbonyl (C=O) groups excluding carboxylic acids is 3. The van der Waals surface area contributed by atoms with Crippen molar-refractivity contribution in [2.24, 2.45) is 5.10 Å². The molecule has 2 amide bonds. The van der Waals surface area contributed by atoms with Crippen molar-refractivity contribution in [1.82, 2.24) is 9.91 Å². The van der Waals surface area contributed by atoms with Gasteiger partial charge in [0.25, 0.3) is 11.8 Å². The Balaban J connectivity index is 1.19. The van der Waals surface area contributed by atoms with Gasteiger partial charge in [0.2, 0.25) is 0 Å². The average Bonchev–Trinajstić information content (AvgIpc) is 3.64. The zero-order chi connectivity index (χ0) is 23.7. The molecule has 0 saturated heterocycles. The molecule has 1 unspecified atom stereocenters. The van der Waals surface area contributed by atoms with E-state index in [2.05, 4.69) is 11.7 Å². The van der Waals surface area contributed by atoms with Gasteiger partial charge >= 0.3 is 5.97 Å². The number of hydrogen-bond acceptors (Lipinski definition) is 7. The Kier molecular flexibility index (Phi) is 5.85. The normalized spacial score (nSPS) is 17.2. The summed E-state index contributed by atoms with van der Waals surface area (Å²) >= 11 is 1.54. The monoisotopic (exact) mass is 475 g/mol. The summed E-state index contributed by atoms with van der Waals surface area (Å²) in [6.07, 6.45) is 2.00. The molecule has 0 aliphatic carbocycles. The number of esters is 1. The highest BCUT2D eigenvalue weighted by molar-refractivity contribution is 7.12. The maximum absolute atomic E-state index is 12.9. The van der Waals surface area contributed by atoms with E-state index in [9.17, 15) is 14.4 Å². The van der Waals surface area contributed by atoms with E-state index in [-0.39, 0.29) is 18.9 Å². The predicted octanol–water partition coefficient (Wildman–Crippen LogP) is 4.08. The highest BCUT2D eigenvalue weighted by atomic mass is 32.1. The summed E-state index contributed by atoms with van der Waals surface area (Å²) in [6, 6.07) is 14.2. The van der Waals surface area contributed by atoms with Gasteiger partial charge in [-0.2, -0.15) is 5.10 Å². The number of amides is 2. The van der Waals surface area contributed by atoms with Crippen molar-refractivity contribution < 1.29 is 23.5 Å². The van der Waals surface area contributed by atoms with E-state index >= 15 is 0 Å². The van der Waals surface area contributed by atoms with Crippen LogP contribution < -0.4 is 0 Å². The van der Waals surface area contributed by atoms with E-state index in [1.165, 1.54) is 9.91 Å². The zero-order valence-electron chi connectivity index (χ0n) is 18.2. The first kappa shape index (κ1) is 21.8. The van der Waals surface area contributed by atoms with Gasteiger partial charge in [-0.3, -0.25) is 14.4 Å². The van der Waals surface area contributed by atoms with Crippen LogP contribution in [0.1, 0.15) is 45.4 Å². The van der Waals surface area contributed by atoms with Gasteiger partial charge < -0.3 is 14.1 Å². The average molecular weight is 476 g/mol. The van der Waals surface area contributed by atoms with E-state index in [0.717, 1.165) is 16.2 Å². The molecular weight excluding hydrogens is 454 g/mol. The molecule has 0 N–H and O–H groups in total. The third-order valence-corrected chi connectivity index (χ3v) is 6.70. The Bertz CT molecular complexity index is 1240. The highest BCUT2D eigenvalue weighted by Gasteiger charge is 2.36. The molecule has 2 aliphatic heterocycles. The summed E-state index contributed by atoms with van der Waals surface area (Å²) < 4.78 is 10.7. The summed E-state index contributed by atoms with van der Waals surface area (Å²) in [7, 11) is 0. The largest absolute Gasteiger partial charge is 0.467 e. The first-order valence-corrected chi connectivity index (χ1v) is 11.6. The fourth-order valence-corrected chi connectivity index (χ4v) is 4.81. The number of ether oxygens (including phenoxy) is 1. The fourth-order valence-electron chi connectivity index (χ4n) is 4.09. The Morgan fingerprint density at radius 2 is 1.97 bits per heavy atom. The van der Waals surface area contributed by atoms with Gasteiger partial charge in [0.05, 0.1) is 23.3 Å². The van der Waals surface area contributed by atoms with Crippen molar-refractivity contribution in [3.63, 3.8) is 0 Å². The molecule has 5 rings (SSSR count). The Morgan fingerprint density at radius 3 is 2.68 bits per heavy atom. The molecule has 34 heavy (non-hydrogen) atoms. The van der Waals surface area contributed by atoms with Crippen molar-refractivity contribution >= 4 is 40.5 Å². The molecule has 1 aromatic carbocycles. The number of hydrogen-bond donors (Lipinski definition) is 0. The van der Waals surface area contributed by atoms with E-state index in [1.807, 2.05) is 29.6 Å². The van der Waals surface area contributed by atoms with Gasteiger partial charge in [0.15, 0.2) is 6.61 Å². The summed E-state index contributed by atoms with van der Waals surface area (Å²) in [5.41, 5.74) is 2.65. The second kappa shape index (κ2) is 9.11. The van der Waals surface area contributed by atoms with Crippen LogP contribution in [-0.4, -0.2) is 46.6 Å². The third kappa shape index (κ3) is 4.06. The molecular formula is C25H21N3O5S. The number of carbonyl (C=O) groups is 3. The minimum atomic E-state index is -0.582. The molecule has 0 saturated carbocycles. The van der Waals surface area contributed by atoms with Gasteiger partial charge in [0, 0.05) is 29.8 Å². The van der Waals surface area contributed by atoms with E-state index in [4.69, 9.17) is 9.15 Å². The lowest BCUT2D eigenvalue weighted by Crippen LogP contribution is -2.32. The lowest BCUT2D eigenvalue weighted by Gasteiger charge is -2.20. The van der Waals surface area contributed by atoms with Crippen LogP contribution in [0.15, 0.2) is 76.3 Å². The van der Waals surface area contributed by atoms with Crippen LogP contribution in [0.3, 0.4) is 0 Å². The minimum absolute atomic E-state index is 0.0582. The van der Waals surface area contributed by atoms with E-state index in [0.29, 0.717) is 23.4 Å². The van der Waals surface area contributed by atoms with Gasteiger partial charge in [-0.25, -0.2) is 5.01 Å². The molecule has 1 atom stereocenters. The van der Waals surface area contributed by atoms with Gasteiger partial charge in [0.1, 0.15) is 11.8 Å². The molecule has 8 nitrogen and oxygen atoms in total. The van der Waals surface area contributed by atoms with E-state index in [1.54, 1.807) is 41.9 Å². The molecule has 0 radical (unpaired) electrons. The minimum Gasteiger partial charge on any atom is -0.467 e. The molecule has 0 fully saturated rings. The first-order valence-electron chi connectivity index (χ1n) is 10.8. The fraction of sp³-hybridized carbons (Fsp3) is 0.200. The SMILES string of the molecule is C=C1c2ccccc2C(=O)N1CCC(=O)OCC(=O)N1N=C(c2cccs2)CC1c1ccco1. The van der Waals surface area contributed by atoms with Gasteiger partial charge in [-0.1, -0.05) is 30.8 Å². The van der Waals surface area contributed by atoms with Crippen LogP contribution in [0.2, 0.25) is 0 Å². The smallest absolute Gasteiger partial charge is 0.308 e. The Morgan fingerprint density at radius 1 is 1.15 bits per heavy atom. The number of furan rings is 1. The van der Waals surface area contributed by atoms with Crippen LogP contribution in [0.25, 0.3) is 5.70 Å². The van der Waals surface area contributed by atoms with Gasteiger partial charge in [-0.05, 0) is 29.6 Å². The standard InChI is InChI=1S/C25H21N3O5S/c1-16-17-6-2-3-7-18(17)25(31)27(16)11-10-24(30)33-15-23(29)28-20(21-8-4-12-32-21)14-19(26-28)22-9-5-13-34-22/h2-9,12-13,20H,1,10-11,14-15H2. The maximum atomic E-state index is 12.9. The predicted molar refractivity (Wildman–Crippen MR) is 126 cm³/mol. The van der Waals surface area contributed by atoms with Crippen LogP contribution in [0, 0.1) is 0 Å². The van der Waals surface area contributed by atoms with E-state index < -0.39 is 24.5 Å². The number of benzene rings is 1. The highest BCUT2D eigenvalue weighted by Crippen LogP contribution is 2.34. The summed E-state index contributed by atoms with van der Waals surface area (Å²) in [5.74, 6) is -0.615. The summed E-state index contributed by atoms with van der Waals surface area (Å²) in [5, 5.41) is 7.76. The van der Waals surface area contributed by atoms with Gasteiger partial charge in [-0.15, -0.1) is 11.3 Å². The van der Waals surface area contributed by atoms with Crippen molar-refractivity contribution in [2.75, 3.05) is 13.2 Å². The molecule has 172 valence electrons. The molecule has 0 bridgehead atoms. The molecule has 3 aromatic rings. The number of thiophene rings is 1. The van der Waals surface area contributed by atoms with Crippen LogP contribution >= 0.6 is 11.3 Å². The Labute approximate surface area is 199 Å². The molecule has 9 heteroatoms. The summed E-state index contributed by atoms with van der Waals surface area (Å²) in [6.45, 7) is 3.63. The maximum Gasteiger partial charge on any atom is 0.308 e. The topological polar surface area (TPSA) is 92.4 Å². The molecule has 2 aromatic heterocycles. The molecule has 0 spiro atoms. The second-order valence-electron chi connectivity index (χ2n) is 7.86. The lowest BCUT2D eigenvalue weighted by atomic mass is 10.1. The van der Waals surface area contributed by atoms with Crippen LogP contribution in [-0.2, 0) is 14.3 Å². The second-order valence-corrected chi connectivity index (χ2v) is 8.81. The molecule has 4 heterocycles. The Hall–Kier alpha value is -3.98.